The first-order chi connectivity index (χ1) is 7.84. The predicted molar refractivity (Wildman–Crippen MR) is 62.1 cm³/mol. The first-order valence-corrected chi connectivity index (χ1v) is 5.18. The van der Waals surface area contributed by atoms with E-state index < -0.39 is 0 Å². The molecule has 80 valence electrons. The van der Waals surface area contributed by atoms with E-state index in [9.17, 15) is 0 Å². The Kier molecular flexibility index (Phi) is 2.11. The highest BCUT2D eigenvalue weighted by molar-refractivity contribution is 6.31. The van der Waals surface area contributed by atoms with Gasteiger partial charge in [0.1, 0.15) is 10.7 Å². The van der Waals surface area contributed by atoms with E-state index in [1.165, 1.54) is 0 Å². The number of imidazole rings is 1. The van der Waals surface area contributed by atoms with Crippen LogP contribution in [0.5, 0.6) is 0 Å². The summed E-state index contributed by atoms with van der Waals surface area (Å²) in [5, 5.41) is 0.609. The summed E-state index contributed by atoms with van der Waals surface area (Å²) in [6.07, 6.45) is 9.00. The van der Waals surface area contributed by atoms with Crippen LogP contribution in [0.4, 0.5) is 5.95 Å². The van der Waals surface area contributed by atoms with Crippen molar-refractivity contribution in [3.05, 3.63) is 35.9 Å². The number of fused-ring (bicyclic) bond motifs is 1. The molecule has 1 N–H and O–H groups in total. The molecular formula is C10H8ClN5. The molecule has 0 aliphatic carbocycles. The average molecular weight is 234 g/mol. The molecule has 0 bridgehead atoms. The minimum Gasteiger partial charge on any atom is -0.342 e. The zero-order valence-corrected chi connectivity index (χ0v) is 9.02. The van der Waals surface area contributed by atoms with Gasteiger partial charge in [0.15, 0.2) is 5.65 Å². The van der Waals surface area contributed by atoms with Gasteiger partial charge in [-0.1, -0.05) is 23.8 Å². The van der Waals surface area contributed by atoms with Gasteiger partial charge >= 0.3 is 0 Å². The molecule has 0 spiro atoms. The molecule has 0 aromatic carbocycles. The summed E-state index contributed by atoms with van der Waals surface area (Å²) in [6, 6.07) is 0. The summed E-state index contributed by atoms with van der Waals surface area (Å²) in [6.45, 7) is 0.672. The summed E-state index contributed by atoms with van der Waals surface area (Å²) in [5.41, 5.74) is 1.46. The second-order valence-corrected chi connectivity index (χ2v) is 3.73. The molecule has 3 heterocycles. The largest absolute Gasteiger partial charge is 0.342 e. The Morgan fingerprint density at radius 1 is 1.38 bits per heavy atom. The maximum atomic E-state index is 6.07. The molecule has 2 aromatic heterocycles. The van der Waals surface area contributed by atoms with Crippen LogP contribution in [0.25, 0.3) is 11.2 Å². The zero-order chi connectivity index (χ0) is 11.0. The summed E-state index contributed by atoms with van der Waals surface area (Å²) < 4.78 is 0. The van der Waals surface area contributed by atoms with Crippen LogP contribution in [0, 0.1) is 0 Å². The molecule has 0 atom stereocenters. The van der Waals surface area contributed by atoms with E-state index in [-0.39, 0.29) is 0 Å². The van der Waals surface area contributed by atoms with E-state index in [4.69, 9.17) is 11.6 Å². The van der Waals surface area contributed by atoms with Crippen LogP contribution in [0.3, 0.4) is 0 Å². The van der Waals surface area contributed by atoms with E-state index >= 15 is 0 Å². The van der Waals surface area contributed by atoms with Crippen molar-refractivity contribution in [1.29, 1.82) is 0 Å². The fourth-order valence-electron chi connectivity index (χ4n) is 1.53. The van der Waals surface area contributed by atoms with Crippen molar-refractivity contribution >= 4 is 28.7 Å². The van der Waals surface area contributed by atoms with Gasteiger partial charge < -0.3 is 4.98 Å². The normalized spacial score (nSPS) is 15.6. The number of allylic oxidation sites excluding steroid dienone is 2. The fourth-order valence-corrected chi connectivity index (χ4v) is 1.74. The minimum absolute atomic E-state index is 0.560. The van der Waals surface area contributed by atoms with Gasteiger partial charge in [-0.2, -0.15) is 4.98 Å². The Morgan fingerprint density at radius 2 is 2.31 bits per heavy atom. The van der Waals surface area contributed by atoms with Crippen LogP contribution in [0.15, 0.2) is 35.9 Å². The number of aromatic amines is 1. The number of hydrogen-bond donors (Lipinski definition) is 1. The number of rotatable bonds is 1. The smallest absolute Gasteiger partial charge is 0.233 e. The molecule has 3 rings (SSSR count). The molecule has 0 saturated carbocycles. The van der Waals surface area contributed by atoms with E-state index in [1.54, 1.807) is 12.5 Å². The van der Waals surface area contributed by atoms with E-state index in [1.807, 2.05) is 23.1 Å². The molecule has 2 aromatic rings. The lowest BCUT2D eigenvalue weighted by molar-refractivity contribution is 0.969. The average Bonchev–Trinajstić information content (AvgIpc) is 2.76. The molecule has 1 aliphatic heterocycles. The molecule has 0 amide bonds. The second-order valence-electron chi connectivity index (χ2n) is 3.34. The van der Waals surface area contributed by atoms with Crippen molar-refractivity contribution in [2.45, 2.75) is 0 Å². The third-order valence-electron chi connectivity index (χ3n) is 2.32. The van der Waals surface area contributed by atoms with Crippen molar-refractivity contribution in [3.63, 3.8) is 0 Å². The number of nitrogens with one attached hydrogen (secondary N) is 1. The van der Waals surface area contributed by atoms with Crippen molar-refractivity contribution < 1.29 is 0 Å². The van der Waals surface area contributed by atoms with Gasteiger partial charge in [0, 0.05) is 6.54 Å². The van der Waals surface area contributed by atoms with Crippen molar-refractivity contribution in [3.8, 4) is 0 Å². The molecule has 6 heteroatoms. The number of halogens is 1. The Balaban J connectivity index is 2.05. The Bertz CT molecular complexity index is 586. The number of H-pyrrole nitrogens is 1. The number of nitrogens with zero attached hydrogens (tertiary/aromatic N) is 4. The van der Waals surface area contributed by atoms with Crippen molar-refractivity contribution in [2.75, 3.05) is 11.4 Å². The van der Waals surface area contributed by atoms with Gasteiger partial charge in [-0.05, 0) is 6.08 Å². The van der Waals surface area contributed by atoms with E-state index in [2.05, 4.69) is 19.9 Å². The highest BCUT2D eigenvalue weighted by Gasteiger charge is 2.14. The second kappa shape index (κ2) is 3.61. The SMILES string of the molecule is ClC1=CC=CCN1c1ncc2[nH]cnc2n1. The molecule has 5 nitrogen and oxygen atoms in total. The highest BCUT2D eigenvalue weighted by atomic mass is 35.5. The first kappa shape index (κ1) is 9.35. The third-order valence-corrected chi connectivity index (χ3v) is 2.65. The topological polar surface area (TPSA) is 57.7 Å². The summed E-state index contributed by atoms with van der Waals surface area (Å²) in [4.78, 5) is 17.4. The van der Waals surface area contributed by atoms with Gasteiger partial charge in [-0.25, -0.2) is 9.97 Å². The number of aromatic nitrogens is 4. The number of hydrogen-bond acceptors (Lipinski definition) is 4. The Hall–Kier alpha value is -1.88. The molecule has 1 aliphatic rings. The highest BCUT2D eigenvalue weighted by Crippen LogP contribution is 2.20. The van der Waals surface area contributed by atoms with Crippen LogP contribution in [0.1, 0.15) is 0 Å². The quantitative estimate of drug-likeness (QED) is 0.764. The lowest BCUT2D eigenvalue weighted by atomic mass is 10.3. The molecule has 0 fully saturated rings. The van der Waals surface area contributed by atoms with E-state index in [0.29, 0.717) is 23.3 Å². The van der Waals surface area contributed by atoms with Crippen LogP contribution in [0.2, 0.25) is 0 Å². The van der Waals surface area contributed by atoms with Gasteiger partial charge in [-0.3, -0.25) is 4.90 Å². The van der Waals surface area contributed by atoms with Crippen LogP contribution in [-0.4, -0.2) is 26.5 Å². The molecule has 16 heavy (non-hydrogen) atoms. The zero-order valence-electron chi connectivity index (χ0n) is 8.26. The summed E-state index contributed by atoms with van der Waals surface area (Å²) in [5.74, 6) is 0.560. The molecule has 0 saturated heterocycles. The third kappa shape index (κ3) is 1.45. The fraction of sp³-hybridized carbons (Fsp3) is 0.100. The first-order valence-electron chi connectivity index (χ1n) is 4.80. The molecule has 0 radical (unpaired) electrons. The van der Waals surface area contributed by atoms with Gasteiger partial charge in [-0.15, -0.1) is 0 Å². The van der Waals surface area contributed by atoms with Gasteiger partial charge in [0.2, 0.25) is 5.95 Å². The monoisotopic (exact) mass is 233 g/mol. The Labute approximate surface area is 96.5 Å². The Morgan fingerprint density at radius 3 is 3.19 bits per heavy atom. The lowest BCUT2D eigenvalue weighted by Gasteiger charge is -2.21. The maximum absolute atomic E-state index is 6.07. The number of anilines is 1. The maximum Gasteiger partial charge on any atom is 0.233 e. The van der Waals surface area contributed by atoms with Gasteiger partial charge in [0.05, 0.1) is 12.5 Å². The standard InChI is InChI=1S/C10H8ClN5/c11-8-3-1-2-4-16(8)10-12-5-7-9(15-10)14-6-13-7/h1-3,5-6H,4H2,(H,12,13,14,15). The molecule has 0 unspecified atom stereocenters. The lowest BCUT2D eigenvalue weighted by Crippen LogP contribution is -2.23. The van der Waals surface area contributed by atoms with Crippen molar-refractivity contribution in [1.82, 2.24) is 19.9 Å². The minimum atomic E-state index is 0.560. The van der Waals surface area contributed by atoms with E-state index in [0.717, 1.165) is 5.52 Å². The van der Waals surface area contributed by atoms with Crippen LogP contribution >= 0.6 is 11.6 Å². The van der Waals surface area contributed by atoms with Crippen molar-refractivity contribution in [2.24, 2.45) is 0 Å². The summed E-state index contributed by atoms with van der Waals surface area (Å²) in [7, 11) is 0. The molecular weight excluding hydrogens is 226 g/mol. The predicted octanol–water partition coefficient (Wildman–Crippen LogP) is 1.81. The summed E-state index contributed by atoms with van der Waals surface area (Å²) >= 11 is 6.07. The van der Waals surface area contributed by atoms with Crippen LogP contribution < -0.4 is 4.90 Å². The van der Waals surface area contributed by atoms with Gasteiger partial charge in [0.25, 0.3) is 0 Å². The van der Waals surface area contributed by atoms with Crippen LogP contribution in [-0.2, 0) is 0 Å².